The number of phenols is 1. The predicted molar refractivity (Wildman–Crippen MR) is 127 cm³/mol. The maximum atomic E-state index is 12.9. The van der Waals surface area contributed by atoms with Gasteiger partial charge in [-0.3, -0.25) is 19.4 Å². The molecule has 0 spiro atoms. The number of hydrogen-bond acceptors (Lipinski definition) is 5. The van der Waals surface area contributed by atoms with Gasteiger partial charge in [0.05, 0.1) is 23.0 Å². The summed E-state index contributed by atoms with van der Waals surface area (Å²) in [5.41, 5.74) is 2.42. The summed E-state index contributed by atoms with van der Waals surface area (Å²) < 4.78 is 1.60. The summed E-state index contributed by atoms with van der Waals surface area (Å²) >= 11 is 0. The van der Waals surface area contributed by atoms with Crippen molar-refractivity contribution in [1.82, 2.24) is 24.6 Å². The number of para-hydroxylation sites is 1. The topological polar surface area (TPSA) is 107 Å². The highest BCUT2D eigenvalue weighted by Gasteiger charge is 2.18. The molecule has 3 N–H and O–H groups in total. The monoisotopic (exact) mass is 435 g/mol. The Labute approximate surface area is 185 Å². The van der Waals surface area contributed by atoms with Crippen LogP contribution in [-0.4, -0.2) is 49.4 Å². The number of aromatic nitrogens is 4. The number of aryl methyl sites for hydroxylation is 1. The van der Waals surface area contributed by atoms with Gasteiger partial charge < -0.3 is 15.0 Å². The number of H-pyrrole nitrogens is 2. The Morgan fingerprint density at radius 3 is 2.59 bits per heavy atom. The maximum Gasteiger partial charge on any atom is 0.275 e. The average Bonchev–Trinajstić information content (AvgIpc) is 3.41. The zero-order valence-corrected chi connectivity index (χ0v) is 18.7. The zero-order chi connectivity index (χ0) is 22.8. The Morgan fingerprint density at radius 1 is 1.09 bits per heavy atom. The van der Waals surface area contributed by atoms with E-state index in [1.807, 2.05) is 20.8 Å². The third-order valence-electron chi connectivity index (χ3n) is 5.80. The van der Waals surface area contributed by atoms with Crippen molar-refractivity contribution in [2.75, 3.05) is 19.6 Å². The van der Waals surface area contributed by atoms with E-state index in [1.54, 1.807) is 35.0 Å². The van der Waals surface area contributed by atoms with Gasteiger partial charge >= 0.3 is 0 Å². The molecule has 1 fully saturated rings. The van der Waals surface area contributed by atoms with Crippen LogP contribution in [0.2, 0.25) is 0 Å². The van der Waals surface area contributed by atoms with Crippen molar-refractivity contribution in [1.29, 1.82) is 0 Å². The van der Waals surface area contributed by atoms with Gasteiger partial charge in [-0.1, -0.05) is 26.0 Å². The van der Waals surface area contributed by atoms with E-state index in [0.717, 1.165) is 25.2 Å². The molecule has 0 radical (unpaired) electrons. The van der Waals surface area contributed by atoms with Gasteiger partial charge in [0.2, 0.25) is 0 Å². The number of rotatable bonds is 4. The minimum absolute atomic E-state index is 0.00588. The lowest BCUT2D eigenvalue weighted by atomic mass is 10.1. The second-order valence-electron chi connectivity index (χ2n) is 7.94. The number of fused-ring (bicyclic) bond motifs is 2. The Bertz CT molecular complexity index is 1380. The highest BCUT2D eigenvalue weighted by Crippen LogP contribution is 2.27. The molecule has 0 bridgehead atoms. The van der Waals surface area contributed by atoms with Crippen LogP contribution in [0.1, 0.15) is 32.3 Å². The molecule has 0 saturated carbocycles. The Morgan fingerprint density at radius 2 is 1.84 bits per heavy atom. The van der Waals surface area contributed by atoms with Crippen molar-refractivity contribution >= 4 is 21.9 Å². The summed E-state index contributed by atoms with van der Waals surface area (Å²) in [5, 5.41) is 14.0. The fourth-order valence-corrected chi connectivity index (χ4v) is 4.28. The van der Waals surface area contributed by atoms with E-state index in [1.165, 1.54) is 12.8 Å². The van der Waals surface area contributed by atoms with E-state index < -0.39 is 0 Å². The minimum atomic E-state index is -0.370. The number of nitrogens with one attached hydrogen (secondary N) is 2. The van der Waals surface area contributed by atoms with Crippen LogP contribution in [0.25, 0.3) is 33.2 Å². The average molecular weight is 436 g/mol. The normalized spacial score (nSPS) is 14.1. The van der Waals surface area contributed by atoms with Crippen molar-refractivity contribution in [3.05, 3.63) is 56.6 Å². The van der Waals surface area contributed by atoms with Gasteiger partial charge in [0.25, 0.3) is 11.1 Å². The Kier molecular flexibility index (Phi) is 6.14. The highest BCUT2D eigenvalue weighted by atomic mass is 16.3. The first kappa shape index (κ1) is 21.8. The second kappa shape index (κ2) is 9.00. The van der Waals surface area contributed by atoms with E-state index in [0.29, 0.717) is 34.0 Å². The fraction of sp³-hybridized carbons (Fsp3) is 0.375. The number of phenolic OH excluding ortho intramolecular Hbond substituents is 1. The van der Waals surface area contributed by atoms with Crippen LogP contribution in [0.5, 0.6) is 5.75 Å². The molecule has 2 aromatic heterocycles. The van der Waals surface area contributed by atoms with E-state index >= 15 is 0 Å². The summed E-state index contributed by atoms with van der Waals surface area (Å²) in [4.78, 5) is 35.3. The number of likely N-dealkylation sites (tertiary alicyclic amines) is 1. The molecule has 168 valence electrons. The summed E-state index contributed by atoms with van der Waals surface area (Å²) in [6.45, 7) is 9.35. The van der Waals surface area contributed by atoms with Crippen molar-refractivity contribution in [2.45, 2.75) is 40.2 Å². The van der Waals surface area contributed by atoms with Crippen molar-refractivity contribution in [2.24, 2.45) is 0 Å². The molecular weight excluding hydrogens is 406 g/mol. The molecule has 3 heterocycles. The third-order valence-corrected chi connectivity index (χ3v) is 5.80. The van der Waals surface area contributed by atoms with Gasteiger partial charge in [0, 0.05) is 12.1 Å². The van der Waals surface area contributed by atoms with Gasteiger partial charge in [0.1, 0.15) is 17.0 Å². The molecule has 4 aromatic rings. The van der Waals surface area contributed by atoms with Crippen molar-refractivity contribution in [3.8, 4) is 17.0 Å². The van der Waals surface area contributed by atoms with Gasteiger partial charge in [-0.05, 0) is 56.6 Å². The maximum absolute atomic E-state index is 12.9. The van der Waals surface area contributed by atoms with Crippen LogP contribution in [-0.2, 0) is 6.54 Å². The standard InChI is InChI=1S/C22H23N5O3.C2H6/c1-13-11-16-20(17(28)12-13)24-19(21(29)23-16)14-5-4-6-15-18(14)25-27(22(15)30)10-9-26-7-2-3-8-26;1-2/h4-6,11-12,25,28H,2-3,7-10H2,1H3,(H,23,29);1-2H3. The van der Waals surface area contributed by atoms with Gasteiger partial charge in [0.15, 0.2) is 0 Å². The number of aromatic amines is 2. The first-order chi connectivity index (χ1) is 15.5. The molecular formula is C24H29N5O3. The largest absolute Gasteiger partial charge is 0.506 e. The SMILES string of the molecule is CC.Cc1cc(O)c2nc(-c3cccc4c(=O)n(CCN5CCCC5)[nH]c34)c(=O)[nH]c2c1. The molecule has 8 heteroatoms. The number of aromatic hydroxyl groups is 1. The summed E-state index contributed by atoms with van der Waals surface area (Å²) in [5.74, 6) is 0.00588. The van der Waals surface area contributed by atoms with E-state index in [2.05, 4.69) is 20.0 Å². The van der Waals surface area contributed by atoms with Crippen LogP contribution in [0.4, 0.5) is 0 Å². The van der Waals surface area contributed by atoms with Crippen LogP contribution in [0.15, 0.2) is 39.9 Å². The third kappa shape index (κ3) is 3.93. The summed E-state index contributed by atoms with van der Waals surface area (Å²) in [7, 11) is 0. The molecule has 1 aliphatic rings. The molecule has 5 rings (SSSR count). The van der Waals surface area contributed by atoms with E-state index in [-0.39, 0.29) is 22.6 Å². The molecule has 32 heavy (non-hydrogen) atoms. The van der Waals surface area contributed by atoms with Crippen LogP contribution < -0.4 is 11.1 Å². The molecule has 0 amide bonds. The van der Waals surface area contributed by atoms with Crippen molar-refractivity contribution in [3.63, 3.8) is 0 Å². The van der Waals surface area contributed by atoms with Gasteiger partial charge in [-0.25, -0.2) is 4.98 Å². The number of nitrogens with zero attached hydrogens (tertiary/aromatic N) is 3. The quantitative estimate of drug-likeness (QED) is 0.456. The van der Waals surface area contributed by atoms with Gasteiger partial charge in [-0.2, -0.15) is 0 Å². The van der Waals surface area contributed by atoms with Crippen LogP contribution >= 0.6 is 0 Å². The van der Waals surface area contributed by atoms with Crippen LogP contribution in [0.3, 0.4) is 0 Å². The molecule has 1 saturated heterocycles. The van der Waals surface area contributed by atoms with E-state index in [4.69, 9.17) is 0 Å². The molecule has 2 aromatic carbocycles. The lowest BCUT2D eigenvalue weighted by molar-refractivity contribution is 0.314. The number of hydrogen-bond donors (Lipinski definition) is 3. The highest BCUT2D eigenvalue weighted by molar-refractivity contribution is 5.93. The summed E-state index contributed by atoms with van der Waals surface area (Å²) in [6.07, 6.45) is 2.41. The molecule has 0 atom stereocenters. The molecule has 0 unspecified atom stereocenters. The second-order valence-corrected chi connectivity index (χ2v) is 7.94. The lowest BCUT2D eigenvalue weighted by Gasteiger charge is -2.13. The molecule has 1 aliphatic heterocycles. The molecule has 0 aliphatic carbocycles. The Balaban J connectivity index is 0.00000119. The van der Waals surface area contributed by atoms with Gasteiger partial charge in [-0.15, -0.1) is 0 Å². The zero-order valence-electron chi connectivity index (χ0n) is 18.7. The number of benzene rings is 2. The van der Waals surface area contributed by atoms with E-state index in [9.17, 15) is 14.7 Å². The van der Waals surface area contributed by atoms with Crippen LogP contribution in [0, 0.1) is 6.92 Å². The fourth-order valence-electron chi connectivity index (χ4n) is 4.28. The Hall–Kier alpha value is -3.39. The lowest BCUT2D eigenvalue weighted by Crippen LogP contribution is -2.28. The minimum Gasteiger partial charge on any atom is -0.506 e. The summed E-state index contributed by atoms with van der Waals surface area (Å²) in [6, 6.07) is 8.63. The molecule has 8 nitrogen and oxygen atoms in total. The predicted octanol–water partition coefficient (Wildman–Crippen LogP) is 3.37. The smallest absolute Gasteiger partial charge is 0.275 e. The van der Waals surface area contributed by atoms with Crippen molar-refractivity contribution < 1.29 is 5.11 Å². The first-order valence-corrected chi connectivity index (χ1v) is 11.2. The first-order valence-electron chi connectivity index (χ1n) is 11.2.